The van der Waals surface area contributed by atoms with E-state index in [0.29, 0.717) is 51.2 Å². The number of rotatable bonds is 9. The zero-order valence-electron chi connectivity index (χ0n) is 27.7. The Hall–Kier alpha value is -3.75. The summed E-state index contributed by atoms with van der Waals surface area (Å²) in [5, 5.41) is 0.982. The van der Waals surface area contributed by atoms with Gasteiger partial charge in [0.25, 0.3) is 17.4 Å². The highest BCUT2D eigenvalue weighted by atomic mass is 35.5. The third-order valence-corrected chi connectivity index (χ3v) is 9.87. The molecule has 1 saturated heterocycles. The molecule has 0 atom stereocenters. The van der Waals surface area contributed by atoms with Gasteiger partial charge in [-0.25, -0.2) is 4.98 Å². The van der Waals surface area contributed by atoms with Crippen molar-refractivity contribution in [1.29, 1.82) is 0 Å². The fourth-order valence-corrected chi connectivity index (χ4v) is 7.41. The van der Waals surface area contributed by atoms with Gasteiger partial charge in [-0.05, 0) is 73.8 Å². The first-order valence-electron chi connectivity index (χ1n) is 16.2. The van der Waals surface area contributed by atoms with Crippen LogP contribution >= 0.6 is 22.9 Å². The number of thiazole rings is 1. The van der Waals surface area contributed by atoms with E-state index in [1.54, 1.807) is 36.9 Å². The second-order valence-electron chi connectivity index (χ2n) is 12.5. The van der Waals surface area contributed by atoms with Crippen molar-refractivity contribution in [2.45, 2.75) is 66.2 Å². The summed E-state index contributed by atoms with van der Waals surface area (Å²) in [5.41, 5.74) is 5.50. The van der Waals surface area contributed by atoms with Gasteiger partial charge in [0.15, 0.2) is 0 Å². The van der Waals surface area contributed by atoms with Gasteiger partial charge in [0.2, 0.25) is 0 Å². The summed E-state index contributed by atoms with van der Waals surface area (Å²) >= 11 is 7.38. The number of para-hydroxylation sites is 1. The maximum atomic E-state index is 15.0. The summed E-state index contributed by atoms with van der Waals surface area (Å²) in [6, 6.07) is 15.1. The van der Waals surface area contributed by atoms with Crippen LogP contribution in [-0.2, 0) is 19.3 Å². The molecule has 1 aliphatic heterocycles. The number of carbonyl (C=O) groups is 2. The Balaban J connectivity index is 1.87. The minimum atomic E-state index is -0.235. The fourth-order valence-electron chi connectivity index (χ4n) is 6.17. The van der Waals surface area contributed by atoms with Crippen LogP contribution in [0.2, 0.25) is 5.02 Å². The maximum absolute atomic E-state index is 15.0. The van der Waals surface area contributed by atoms with Crippen LogP contribution in [0.3, 0.4) is 0 Å². The third kappa shape index (κ3) is 6.69. The molecule has 2 aromatic carbocycles. The molecule has 3 heterocycles. The van der Waals surface area contributed by atoms with Crippen molar-refractivity contribution >= 4 is 34.8 Å². The lowest BCUT2D eigenvalue weighted by molar-refractivity contribution is 0.0721. The van der Waals surface area contributed by atoms with Gasteiger partial charge in [0.1, 0.15) is 9.88 Å². The summed E-state index contributed by atoms with van der Waals surface area (Å²) in [6.45, 7) is 9.80. The van der Waals surface area contributed by atoms with E-state index in [1.165, 1.54) is 16.2 Å². The first-order valence-corrected chi connectivity index (χ1v) is 17.4. The molecule has 0 bridgehead atoms. The van der Waals surface area contributed by atoms with Crippen molar-refractivity contribution in [3.63, 3.8) is 0 Å². The molecule has 7 nitrogen and oxygen atoms in total. The second kappa shape index (κ2) is 14.3. The largest absolute Gasteiger partial charge is 0.344 e. The molecule has 2 aromatic heterocycles. The highest BCUT2D eigenvalue weighted by Gasteiger charge is 2.30. The van der Waals surface area contributed by atoms with Crippen molar-refractivity contribution in [1.82, 2.24) is 19.4 Å². The molecule has 0 spiro atoms. The number of benzene rings is 2. The minimum Gasteiger partial charge on any atom is -0.344 e. The van der Waals surface area contributed by atoms with E-state index in [9.17, 15) is 14.4 Å². The van der Waals surface area contributed by atoms with Gasteiger partial charge in [0, 0.05) is 43.5 Å². The highest BCUT2D eigenvalue weighted by molar-refractivity contribution is 7.17. The van der Waals surface area contributed by atoms with Crippen LogP contribution < -0.4 is 5.56 Å². The number of hydrogen-bond donors (Lipinski definition) is 0. The molecule has 0 radical (unpaired) electrons. The number of nitrogens with zero attached hydrogens (tertiary/aromatic N) is 4. The van der Waals surface area contributed by atoms with Crippen molar-refractivity contribution in [3.05, 3.63) is 91.2 Å². The molecule has 242 valence electrons. The van der Waals surface area contributed by atoms with E-state index < -0.39 is 0 Å². The molecule has 2 amide bonds. The van der Waals surface area contributed by atoms with Crippen molar-refractivity contribution in [2.75, 3.05) is 27.2 Å². The third-order valence-electron chi connectivity index (χ3n) is 8.54. The lowest BCUT2D eigenvalue weighted by Gasteiger charge is -2.29. The van der Waals surface area contributed by atoms with Gasteiger partial charge in [-0.1, -0.05) is 69.6 Å². The van der Waals surface area contributed by atoms with E-state index in [2.05, 4.69) is 39.8 Å². The van der Waals surface area contributed by atoms with E-state index >= 15 is 0 Å². The quantitative estimate of drug-likeness (QED) is 0.183. The maximum Gasteiger partial charge on any atom is 0.265 e. The number of piperidine rings is 1. The molecule has 0 unspecified atom stereocenters. The van der Waals surface area contributed by atoms with Gasteiger partial charge in [-0.15, -0.1) is 11.3 Å². The number of likely N-dealkylation sites (tertiary alicyclic amines) is 1. The van der Waals surface area contributed by atoms with Gasteiger partial charge in [0.05, 0.1) is 22.5 Å². The normalized spacial score (nSPS) is 13.3. The van der Waals surface area contributed by atoms with Crippen LogP contribution in [0.1, 0.15) is 83.8 Å². The Bertz CT molecular complexity index is 1780. The van der Waals surface area contributed by atoms with Gasteiger partial charge in [-0.3, -0.25) is 19.0 Å². The number of halogens is 1. The Morgan fingerprint density at radius 1 is 0.978 bits per heavy atom. The molecule has 0 N–H and O–H groups in total. The van der Waals surface area contributed by atoms with Crippen molar-refractivity contribution < 1.29 is 9.59 Å². The number of aryl methyl sites for hydroxylation is 2. The number of hydrogen-bond acceptors (Lipinski definition) is 5. The summed E-state index contributed by atoms with van der Waals surface area (Å²) < 4.78 is 1.81. The van der Waals surface area contributed by atoms with E-state index in [4.69, 9.17) is 16.6 Å². The molecule has 0 aliphatic carbocycles. The highest BCUT2D eigenvalue weighted by Crippen LogP contribution is 2.36. The van der Waals surface area contributed by atoms with Gasteiger partial charge in [-0.2, -0.15) is 0 Å². The van der Waals surface area contributed by atoms with E-state index in [0.717, 1.165) is 60.2 Å². The summed E-state index contributed by atoms with van der Waals surface area (Å²) in [6.07, 6.45) is 5.05. The monoisotopic (exact) mass is 658 g/mol. The lowest BCUT2D eigenvalue weighted by atomic mass is 9.96. The number of amides is 2. The topological polar surface area (TPSA) is 75.5 Å². The number of aromatic nitrogens is 2. The predicted octanol–water partition coefficient (Wildman–Crippen LogP) is 7.93. The van der Waals surface area contributed by atoms with Crippen LogP contribution in [0, 0.1) is 5.92 Å². The van der Waals surface area contributed by atoms with Crippen molar-refractivity contribution in [2.24, 2.45) is 5.92 Å². The van der Waals surface area contributed by atoms with Crippen LogP contribution in [0.5, 0.6) is 0 Å². The molecule has 5 rings (SSSR count). The summed E-state index contributed by atoms with van der Waals surface area (Å²) in [5.74, 6) is -0.0694. The number of pyridine rings is 1. The first kappa shape index (κ1) is 33.6. The Morgan fingerprint density at radius 2 is 1.61 bits per heavy atom. The van der Waals surface area contributed by atoms with Crippen LogP contribution in [0.15, 0.2) is 53.3 Å². The average Bonchev–Trinajstić information content (AvgIpc) is 3.49. The average molecular weight is 659 g/mol. The smallest absolute Gasteiger partial charge is 0.265 e. The van der Waals surface area contributed by atoms with E-state index in [1.807, 2.05) is 23.1 Å². The molecule has 1 aliphatic rings. The Morgan fingerprint density at radius 3 is 2.17 bits per heavy atom. The molecule has 4 aromatic rings. The Labute approximate surface area is 280 Å². The Kier molecular flexibility index (Phi) is 10.5. The van der Waals surface area contributed by atoms with E-state index in [-0.39, 0.29) is 23.3 Å². The van der Waals surface area contributed by atoms with Crippen LogP contribution in [-0.4, -0.2) is 58.4 Å². The lowest BCUT2D eigenvalue weighted by Crippen LogP contribution is -2.38. The molecular formula is C37H43ClN4O3S. The first-order chi connectivity index (χ1) is 22.0. The predicted molar refractivity (Wildman–Crippen MR) is 189 cm³/mol. The van der Waals surface area contributed by atoms with Crippen LogP contribution in [0.25, 0.3) is 27.5 Å². The minimum absolute atomic E-state index is 0.0588. The zero-order valence-corrected chi connectivity index (χ0v) is 29.2. The number of carbonyl (C=O) groups excluding carboxylic acids is 2. The molecule has 46 heavy (non-hydrogen) atoms. The van der Waals surface area contributed by atoms with Crippen LogP contribution in [0.4, 0.5) is 0 Å². The molecule has 1 fully saturated rings. The fraction of sp³-hybridized carbons (Fsp3) is 0.405. The van der Waals surface area contributed by atoms with Crippen molar-refractivity contribution in [3.8, 4) is 27.5 Å². The SMILES string of the molecule is CCc1cccc(CC)c1-n1c(CC(C)C)c(C(=O)N2CCCCC2)cc(-c2nc(-c3ccc(Cl)cc3)c(C(=O)N(C)C)s2)c1=O. The standard InChI is InChI=1S/C37H43ClN4O3S/c1-7-24-13-12-14-25(8-2)32(24)42-30(21-23(3)4)28(35(43)41-19-10-9-11-20-41)22-29(36(42)44)34-39-31(26-15-17-27(38)18-16-26)33(46-34)37(45)40(5)6/h12-18,22-23H,7-11,19-21H2,1-6H3. The van der Waals surface area contributed by atoms with Gasteiger partial charge >= 0.3 is 0 Å². The summed E-state index contributed by atoms with van der Waals surface area (Å²) in [7, 11) is 3.40. The van der Waals surface area contributed by atoms with Gasteiger partial charge < -0.3 is 9.80 Å². The second-order valence-corrected chi connectivity index (χ2v) is 14.0. The molecule has 0 saturated carbocycles. The molecule has 9 heteroatoms. The zero-order chi connectivity index (χ0) is 33.1. The summed E-state index contributed by atoms with van der Waals surface area (Å²) in [4.78, 5) is 51.7. The molecular weight excluding hydrogens is 616 g/mol.